The third-order valence-electron chi connectivity index (χ3n) is 1.45. The minimum Gasteiger partial charge on any atom is -0.325 e. The van der Waals surface area contributed by atoms with Crippen LogP contribution in [-0.2, 0) is 17.9 Å². The van der Waals surface area contributed by atoms with E-state index in [1.165, 1.54) is 4.68 Å². The van der Waals surface area contributed by atoms with Crippen molar-refractivity contribution in [1.29, 1.82) is 0 Å². The van der Waals surface area contributed by atoms with Gasteiger partial charge in [0.1, 0.15) is 6.54 Å². The minimum absolute atomic E-state index is 0.144. The number of hydrogen-bond donors (Lipinski definition) is 2. The second-order valence-corrected chi connectivity index (χ2v) is 3.04. The van der Waals surface area contributed by atoms with Crippen molar-refractivity contribution in [3.8, 4) is 0 Å². The number of hydrazine groups is 1. The van der Waals surface area contributed by atoms with Gasteiger partial charge in [-0.25, -0.2) is 9.69 Å². The zero-order chi connectivity index (χ0) is 10.6. The van der Waals surface area contributed by atoms with Crippen molar-refractivity contribution < 1.29 is 4.79 Å². The molecule has 1 aromatic rings. The van der Waals surface area contributed by atoms with Crippen molar-refractivity contribution >= 4 is 5.91 Å². The van der Waals surface area contributed by atoms with Crippen LogP contribution in [0, 0.1) is 0 Å². The fourth-order valence-corrected chi connectivity index (χ4v) is 0.941. The number of nitrogens with two attached hydrogens (primary N) is 1. The fraction of sp³-hybridized carbons (Fsp3) is 0.571. The van der Waals surface area contributed by atoms with Gasteiger partial charge in [0.2, 0.25) is 0 Å². The molecule has 1 amide bonds. The molecular formula is C7H14N6O. The first kappa shape index (κ1) is 10.6. The van der Waals surface area contributed by atoms with Gasteiger partial charge in [0.25, 0.3) is 5.91 Å². The standard InChI is InChI=1S/C7H14N6O/c1-12(2)10-7(14)5-13-4-6(3-8)9-11-13/h4H,3,5,8H2,1-2H3,(H,10,14). The van der Waals surface area contributed by atoms with Crippen LogP contribution in [0.25, 0.3) is 0 Å². The Kier molecular flexibility index (Phi) is 3.55. The van der Waals surface area contributed by atoms with Crippen molar-refractivity contribution in [2.24, 2.45) is 5.73 Å². The lowest BCUT2D eigenvalue weighted by Gasteiger charge is -2.10. The summed E-state index contributed by atoms with van der Waals surface area (Å²) >= 11 is 0. The Labute approximate surface area is 81.8 Å². The third-order valence-corrected chi connectivity index (χ3v) is 1.45. The van der Waals surface area contributed by atoms with E-state index < -0.39 is 0 Å². The predicted octanol–water partition coefficient (Wildman–Crippen LogP) is -1.67. The van der Waals surface area contributed by atoms with Gasteiger partial charge in [-0.2, -0.15) is 0 Å². The summed E-state index contributed by atoms with van der Waals surface area (Å²) < 4.78 is 1.45. The molecule has 14 heavy (non-hydrogen) atoms. The molecule has 0 unspecified atom stereocenters. The van der Waals surface area contributed by atoms with E-state index in [0.717, 1.165) is 0 Å². The van der Waals surface area contributed by atoms with Crippen molar-refractivity contribution in [3.05, 3.63) is 11.9 Å². The average molecular weight is 198 g/mol. The zero-order valence-electron chi connectivity index (χ0n) is 8.27. The minimum atomic E-state index is -0.150. The molecule has 78 valence electrons. The summed E-state index contributed by atoms with van der Waals surface area (Å²) in [6.45, 7) is 0.473. The molecule has 0 saturated heterocycles. The second-order valence-electron chi connectivity index (χ2n) is 3.04. The summed E-state index contributed by atoms with van der Waals surface area (Å²) in [6, 6.07) is 0. The molecule has 1 heterocycles. The van der Waals surface area contributed by atoms with Crippen molar-refractivity contribution in [1.82, 2.24) is 25.4 Å². The average Bonchev–Trinajstić information content (AvgIpc) is 2.50. The van der Waals surface area contributed by atoms with Gasteiger partial charge in [0.15, 0.2) is 0 Å². The SMILES string of the molecule is CN(C)NC(=O)Cn1cc(CN)nn1. The topological polar surface area (TPSA) is 89.1 Å². The van der Waals surface area contributed by atoms with Crippen molar-refractivity contribution in [2.45, 2.75) is 13.1 Å². The number of rotatable bonds is 4. The number of aromatic nitrogens is 3. The van der Waals surface area contributed by atoms with E-state index in [1.54, 1.807) is 25.3 Å². The van der Waals surface area contributed by atoms with Crippen LogP contribution < -0.4 is 11.2 Å². The van der Waals surface area contributed by atoms with Crippen LogP contribution in [0.2, 0.25) is 0 Å². The first-order valence-electron chi connectivity index (χ1n) is 4.17. The largest absolute Gasteiger partial charge is 0.325 e. The number of carbonyl (C=O) groups is 1. The fourth-order valence-electron chi connectivity index (χ4n) is 0.941. The number of hydrogen-bond acceptors (Lipinski definition) is 5. The van der Waals surface area contributed by atoms with Crippen LogP contribution in [0.15, 0.2) is 6.20 Å². The van der Waals surface area contributed by atoms with Gasteiger partial charge >= 0.3 is 0 Å². The Balaban J connectivity index is 2.47. The first-order valence-corrected chi connectivity index (χ1v) is 4.17. The first-order chi connectivity index (χ1) is 6.61. The summed E-state index contributed by atoms with van der Waals surface area (Å²) in [6.07, 6.45) is 1.65. The van der Waals surface area contributed by atoms with Crippen LogP contribution in [0.4, 0.5) is 0 Å². The quantitative estimate of drug-likeness (QED) is 0.565. The van der Waals surface area contributed by atoms with E-state index in [2.05, 4.69) is 15.7 Å². The summed E-state index contributed by atoms with van der Waals surface area (Å²) in [5.41, 5.74) is 8.61. The Morgan fingerprint density at radius 1 is 1.71 bits per heavy atom. The lowest BCUT2D eigenvalue weighted by Crippen LogP contribution is -2.38. The lowest BCUT2D eigenvalue weighted by atomic mass is 10.5. The maximum absolute atomic E-state index is 11.2. The van der Waals surface area contributed by atoms with Crippen LogP contribution in [-0.4, -0.2) is 40.0 Å². The highest BCUT2D eigenvalue weighted by atomic mass is 16.2. The second kappa shape index (κ2) is 4.68. The Morgan fingerprint density at radius 2 is 2.43 bits per heavy atom. The molecule has 7 heteroatoms. The van der Waals surface area contributed by atoms with Gasteiger partial charge < -0.3 is 5.73 Å². The third kappa shape index (κ3) is 3.11. The van der Waals surface area contributed by atoms with Gasteiger partial charge in [-0.3, -0.25) is 10.2 Å². The summed E-state index contributed by atoms with van der Waals surface area (Å²) in [7, 11) is 3.48. The Morgan fingerprint density at radius 3 is 2.93 bits per heavy atom. The smallest absolute Gasteiger partial charge is 0.256 e. The lowest BCUT2D eigenvalue weighted by molar-refractivity contribution is -0.125. The molecule has 1 aromatic heterocycles. The highest BCUT2D eigenvalue weighted by Gasteiger charge is 2.05. The van der Waals surface area contributed by atoms with E-state index >= 15 is 0 Å². The number of nitrogens with one attached hydrogen (secondary N) is 1. The van der Waals surface area contributed by atoms with Crippen LogP contribution in [0.5, 0.6) is 0 Å². The molecule has 3 N–H and O–H groups in total. The van der Waals surface area contributed by atoms with Crippen molar-refractivity contribution in [3.63, 3.8) is 0 Å². The predicted molar refractivity (Wildman–Crippen MR) is 49.7 cm³/mol. The maximum Gasteiger partial charge on any atom is 0.256 e. The highest BCUT2D eigenvalue weighted by molar-refractivity contribution is 5.74. The van der Waals surface area contributed by atoms with Gasteiger partial charge in [-0.15, -0.1) is 5.10 Å². The van der Waals surface area contributed by atoms with Crippen LogP contribution in [0.1, 0.15) is 5.69 Å². The summed E-state index contributed by atoms with van der Waals surface area (Å²) in [5.74, 6) is -0.150. The van der Waals surface area contributed by atoms with Gasteiger partial charge in [-0.1, -0.05) is 5.21 Å². The molecular weight excluding hydrogens is 184 g/mol. The molecule has 0 aliphatic heterocycles. The normalized spacial score (nSPS) is 10.6. The molecule has 1 rings (SSSR count). The number of nitrogens with zero attached hydrogens (tertiary/aromatic N) is 4. The molecule has 0 saturated carbocycles. The van der Waals surface area contributed by atoms with Gasteiger partial charge in [0, 0.05) is 20.6 Å². The Hall–Kier alpha value is -1.47. The van der Waals surface area contributed by atoms with E-state index in [1.807, 2.05) is 0 Å². The van der Waals surface area contributed by atoms with E-state index in [-0.39, 0.29) is 12.5 Å². The molecule has 0 aromatic carbocycles. The molecule has 0 aliphatic rings. The monoisotopic (exact) mass is 198 g/mol. The molecule has 0 bridgehead atoms. The molecule has 0 radical (unpaired) electrons. The molecule has 0 aliphatic carbocycles. The number of carbonyl (C=O) groups excluding carboxylic acids is 1. The van der Waals surface area contributed by atoms with Crippen LogP contribution in [0.3, 0.4) is 0 Å². The maximum atomic E-state index is 11.2. The molecule has 0 fully saturated rings. The van der Waals surface area contributed by atoms with E-state index in [9.17, 15) is 4.79 Å². The Bertz CT molecular complexity index is 307. The summed E-state index contributed by atoms with van der Waals surface area (Å²) in [4.78, 5) is 11.2. The number of amides is 1. The highest BCUT2D eigenvalue weighted by Crippen LogP contribution is 1.90. The molecule has 0 spiro atoms. The van der Waals surface area contributed by atoms with Gasteiger partial charge in [-0.05, 0) is 0 Å². The zero-order valence-corrected chi connectivity index (χ0v) is 8.27. The van der Waals surface area contributed by atoms with E-state index in [0.29, 0.717) is 12.2 Å². The van der Waals surface area contributed by atoms with Crippen molar-refractivity contribution in [2.75, 3.05) is 14.1 Å². The van der Waals surface area contributed by atoms with Crippen LogP contribution >= 0.6 is 0 Å². The summed E-state index contributed by atoms with van der Waals surface area (Å²) in [5, 5.41) is 9.08. The van der Waals surface area contributed by atoms with E-state index in [4.69, 9.17) is 5.73 Å². The molecule has 0 atom stereocenters. The van der Waals surface area contributed by atoms with Gasteiger partial charge in [0.05, 0.1) is 11.9 Å². The molecule has 7 nitrogen and oxygen atoms in total.